The van der Waals surface area contributed by atoms with Crippen molar-refractivity contribution in [2.45, 2.75) is 6.92 Å². The number of hydrogen-bond acceptors (Lipinski definition) is 3. The van der Waals surface area contributed by atoms with Crippen molar-refractivity contribution in [3.05, 3.63) is 87.9 Å². The molecule has 0 aliphatic rings. The Hall–Kier alpha value is -3.21. The number of ether oxygens (including phenoxy) is 2. The summed E-state index contributed by atoms with van der Waals surface area (Å²) in [7, 11) is 3.19. The zero-order valence-electron chi connectivity index (χ0n) is 17.8. The van der Waals surface area contributed by atoms with Crippen LogP contribution in [0.5, 0.6) is 11.5 Å². The predicted octanol–water partition coefficient (Wildman–Crippen LogP) is 7.39. The van der Waals surface area contributed by atoms with E-state index in [-0.39, 0.29) is 5.91 Å². The van der Waals surface area contributed by atoms with E-state index in [0.29, 0.717) is 32.8 Å². The number of amides is 1. The second-order valence-electron chi connectivity index (χ2n) is 7.37. The van der Waals surface area contributed by atoms with E-state index in [2.05, 4.69) is 5.32 Å². The van der Waals surface area contributed by atoms with E-state index in [4.69, 9.17) is 32.7 Å². The van der Waals surface area contributed by atoms with Gasteiger partial charge in [-0.2, -0.15) is 0 Å². The number of rotatable bonds is 5. The van der Waals surface area contributed by atoms with Gasteiger partial charge in [0.05, 0.1) is 30.0 Å². The zero-order valence-corrected chi connectivity index (χ0v) is 19.3. The molecule has 162 valence electrons. The van der Waals surface area contributed by atoms with E-state index in [0.717, 1.165) is 27.5 Å². The predicted molar refractivity (Wildman–Crippen MR) is 132 cm³/mol. The Morgan fingerprint density at radius 2 is 1.56 bits per heavy atom. The molecule has 0 radical (unpaired) electrons. The molecule has 0 aliphatic heterocycles. The van der Waals surface area contributed by atoms with Gasteiger partial charge >= 0.3 is 0 Å². The van der Waals surface area contributed by atoms with Gasteiger partial charge in [-0.3, -0.25) is 4.79 Å². The second kappa shape index (κ2) is 9.11. The zero-order chi connectivity index (χ0) is 22.8. The van der Waals surface area contributed by atoms with Crippen molar-refractivity contribution in [1.29, 1.82) is 0 Å². The molecule has 0 bridgehead atoms. The van der Waals surface area contributed by atoms with Crippen LogP contribution in [0.3, 0.4) is 0 Å². The summed E-state index contributed by atoms with van der Waals surface area (Å²) in [4.78, 5) is 13.2. The van der Waals surface area contributed by atoms with Crippen LogP contribution in [0.1, 0.15) is 15.9 Å². The summed E-state index contributed by atoms with van der Waals surface area (Å²) in [5.74, 6) is 0.917. The summed E-state index contributed by atoms with van der Waals surface area (Å²) in [6.45, 7) is 2.04. The molecule has 0 aliphatic carbocycles. The largest absolute Gasteiger partial charge is 0.493 e. The fourth-order valence-electron chi connectivity index (χ4n) is 3.59. The molecule has 4 nitrogen and oxygen atoms in total. The van der Waals surface area contributed by atoms with E-state index < -0.39 is 0 Å². The SMILES string of the molecule is COc1cc2cc(C(=O)Nc3cccc(Cl)c3Cl)cc(-c3ccc(C)cc3)c2cc1OC. The maximum atomic E-state index is 13.2. The summed E-state index contributed by atoms with van der Waals surface area (Å²) < 4.78 is 11.0. The van der Waals surface area contributed by atoms with E-state index >= 15 is 0 Å². The Bertz CT molecular complexity index is 1320. The van der Waals surface area contributed by atoms with Crippen LogP contribution in [-0.2, 0) is 0 Å². The van der Waals surface area contributed by atoms with Crippen molar-refractivity contribution in [3.8, 4) is 22.6 Å². The summed E-state index contributed by atoms with van der Waals surface area (Å²) in [5.41, 5.74) is 3.99. The number of aryl methyl sites for hydroxylation is 1. The normalized spacial score (nSPS) is 10.8. The Kier molecular flexibility index (Phi) is 6.26. The number of hydrogen-bond donors (Lipinski definition) is 1. The molecule has 6 heteroatoms. The molecule has 32 heavy (non-hydrogen) atoms. The maximum Gasteiger partial charge on any atom is 0.255 e. The number of anilines is 1. The Labute approximate surface area is 196 Å². The van der Waals surface area contributed by atoms with Crippen LogP contribution in [0, 0.1) is 6.92 Å². The first kappa shape index (κ1) is 22.0. The summed E-state index contributed by atoms with van der Waals surface area (Å²) >= 11 is 12.4. The molecular formula is C26H21Cl2NO3. The third-order valence-electron chi connectivity index (χ3n) is 5.28. The molecule has 0 atom stereocenters. The van der Waals surface area contributed by atoms with Gasteiger partial charge in [-0.15, -0.1) is 0 Å². The Morgan fingerprint density at radius 3 is 2.25 bits per heavy atom. The first-order valence-corrected chi connectivity index (χ1v) is 10.7. The van der Waals surface area contributed by atoms with Gasteiger partial charge in [0.2, 0.25) is 0 Å². The highest BCUT2D eigenvalue weighted by molar-refractivity contribution is 6.44. The highest BCUT2D eigenvalue weighted by Crippen LogP contribution is 2.38. The minimum Gasteiger partial charge on any atom is -0.493 e. The van der Waals surface area contributed by atoms with Gasteiger partial charge in [-0.05, 0) is 65.2 Å². The molecule has 0 saturated heterocycles. The number of fused-ring (bicyclic) bond motifs is 1. The lowest BCUT2D eigenvalue weighted by atomic mass is 9.94. The number of halogens is 2. The van der Waals surface area contributed by atoms with Crippen LogP contribution >= 0.6 is 23.2 Å². The van der Waals surface area contributed by atoms with Gasteiger partial charge in [-0.1, -0.05) is 59.1 Å². The Morgan fingerprint density at radius 1 is 0.875 bits per heavy atom. The molecule has 4 rings (SSSR count). The molecule has 0 heterocycles. The molecule has 4 aromatic rings. The maximum absolute atomic E-state index is 13.2. The topological polar surface area (TPSA) is 47.6 Å². The van der Waals surface area contributed by atoms with Crippen molar-refractivity contribution in [3.63, 3.8) is 0 Å². The third kappa shape index (κ3) is 4.24. The highest BCUT2D eigenvalue weighted by atomic mass is 35.5. The monoisotopic (exact) mass is 465 g/mol. The fourth-order valence-corrected chi connectivity index (χ4v) is 3.94. The molecule has 0 aromatic heterocycles. The van der Waals surface area contributed by atoms with Crippen LogP contribution < -0.4 is 14.8 Å². The highest BCUT2D eigenvalue weighted by Gasteiger charge is 2.16. The quantitative estimate of drug-likeness (QED) is 0.334. The van der Waals surface area contributed by atoms with E-state index in [9.17, 15) is 4.79 Å². The lowest BCUT2D eigenvalue weighted by Crippen LogP contribution is -2.12. The van der Waals surface area contributed by atoms with Crippen LogP contribution in [0.4, 0.5) is 5.69 Å². The van der Waals surface area contributed by atoms with Crippen LogP contribution in [-0.4, -0.2) is 20.1 Å². The lowest BCUT2D eigenvalue weighted by molar-refractivity contribution is 0.102. The molecule has 0 spiro atoms. The second-order valence-corrected chi connectivity index (χ2v) is 8.16. The number of benzene rings is 4. The molecule has 0 fully saturated rings. The van der Waals surface area contributed by atoms with E-state index in [1.807, 2.05) is 55.5 Å². The molecular weight excluding hydrogens is 445 g/mol. The molecule has 0 unspecified atom stereocenters. The van der Waals surface area contributed by atoms with Crippen molar-refractivity contribution < 1.29 is 14.3 Å². The van der Waals surface area contributed by atoms with E-state index in [1.54, 1.807) is 32.4 Å². The van der Waals surface area contributed by atoms with Crippen molar-refractivity contribution in [2.75, 3.05) is 19.5 Å². The summed E-state index contributed by atoms with van der Waals surface area (Å²) in [6.07, 6.45) is 0. The molecule has 1 amide bonds. The van der Waals surface area contributed by atoms with Crippen molar-refractivity contribution in [2.24, 2.45) is 0 Å². The lowest BCUT2D eigenvalue weighted by Gasteiger charge is -2.15. The van der Waals surface area contributed by atoms with Gasteiger partial charge in [0.25, 0.3) is 5.91 Å². The number of nitrogens with one attached hydrogen (secondary N) is 1. The average molecular weight is 466 g/mol. The Balaban J connectivity index is 1.88. The van der Waals surface area contributed by atoms with Gasteiger partial charge in [-0.25, -0.2) is 0 Å². The molecule has 1 N–H and O–H groups in total. The van der Waals surface area contributed by atoms with Crippen LogP contribution in [0.25, 0.3) is 21.9 Å². The third-order valence-corrected chi connectivity index (χ3v) is 6.10. The first-order chi connectivity index (χ1) is 15.4. The van der Waals surface area contributed by atoms with Gasteiger partial charge in [0.15, 0.2) is 11.5 Å². The van der Waals surface area contributed by atoms with Crippen molar-refractivity contribution >= 4 is 45.6 Å². The van der Waals surface area contributed by atoms with Gasteiger partial charge in [0, 0.05) is 5.56 Å². The van der Waals surface area contributed by atoms with Gasteiger partial charge < -0.3 is 14.8 Å². The number of carbonyl (C=O) groups is 1. The first-order valence-electron chi connectivity index (χ1n) is 9.93. The van der Waals surface area contributed by atoms with Crippen LogP contribution in [0.15, 0.2) is 66.7 Å². The molecule has 0 saturated carbocycles. The summed E-state index contributed by atoms with van der Waals surface area (Å²) in [5, 5.41) is 5.33. The van der Waals surface area contributed by atoms with Gasteiger partial charge in [0.1, 0.15) is 0 Å². The standard InChI is InChI=1S/C26H21Cl2NO3/c1-15-7-9-16(10-8-15)19-12-18(26(30)29-22-6-4-5-21(27)25(22)28)11-17-13-23(31-2)24(32-3)14-20(17)19/h4-14H,1-3H3,(H,29,30). The summed E-state index contributed by atoms with van der Waals surface area (Å²) in [6, 6.07) is 20.8. The molecule has 4 aromatic carbocycles. The van der Waals surface area contributed by atoms with Crippen LogP contribution in [0.2, 0.25) is 10.0 Å². The minimum atomic E-state index is -0.292. The number of carbonyl (C=O) groups excluding carboxylic acids is 1. The fraction of sp³-hybridized carbons (Fsp3) is 0.115. The smallest absolute Gasteiger partial charge is 0.255 e. The van der Waals surface area contributed by atoms with Crippen molar-refractivity contribution in [1.82, 2.24) is 0 Å². The number of methoxy groups -OCH3 is 2. The average Bonchev–Trinajstić information content (AvgIpc) is 2.80. The minimum absolute atomic E-state index is 0.292. The van der Waals surface area contributed by atoms with E-state index in [1.165, 1.54) is 0 Å².